The van der Waals surface area contributed by atoms with Gasteiger partial charge in [0.05, 0.1) is 15.5 Å². The number of aliphatic imine (C=N–C) groups is 1. The van der Waals surface area contributed by atoms with E-state index in [0.29, 0.717) is 24.3 Å². The Bertz CT molecular complexity index is 982. The van der Waals surface area contributed by atoms with Gasteiger partial charge in [-0.3, -0.25) is 15.1 Å². The molecule has 0 aliphatic heterocycles. The van der Waals surface area contributed by atoms with E-state index in [1.54, 1.807) is 32.9 Å². The summed E-state index contributed by atoms with van der Waals surface area (Å²) in [5, 5.41) is 20.7. The molecule has 2 aromatic rings. The number of hydrogen-bond donors (Lipinski definition) is 1. The average molecular weight is 391 g/mol. The Kier molecular flexibility index (Phi) is 6.29. The Morgan fingerprint density at radius 3 is 2.44 bits per heavy atom. The van der Waals surface area contributed by atoms with Crippen LogP contribution >= 0.6 is 0 Å². The van der Waals surface area contributed by atoms with Crippen LogP contribution in [0.1, 0.15) is 25.0 Å². The van der Waals surface area contributed by atoms with E-state index in [0.717, 1.165) is 0 Å². The molecule has 2 aromatic carbocycles. The van der Waals surface area contributed by atoms with Gasteiger partial charge in [0.15, 0.2) is 0 Å². The van der Waals surface area contributed by atoms with Crippen molar-refractivity contribution < 1.29 is 18.4 Å². The van der Waals surface area contributed by atoms with Gasteiger partial charge < -0.3 is 5.11 Å². The highest BCUT2D eigenvalue weighted by Crippen LogP contribution is 2.26. The molecule has 0 bridgehead atoms. The Labute approximate surface area is 158 Å². The Balaban J connectivity index is 2.44. The first kappa shape index (κ1) is 20.5. The number of non-ortho nitro benzene ring substituents is 1. The summed E-state index contributed by atoms with van der Waals surface area (Å²) in [7, 11) is -3.64. The molecule has 0 unspecified atom stereocenters. The van der Waals surface area contributed by atoms with E-state index in [9.17, 15) is 23.6 Å². The van der Waals surface area contributed by atoms with E-state index in [4.69, 9.17) is 0 Å². The van der Waals surface area contributed by atoms with Crippen LogP contribution in [0.4, 0.5) is 11.4 Å². The Morgan fingerprint density at radius 2 is 1.85 bits per heavy atom. The van der Waals surface area contributed by atoms with E-state index in [-0.39, 0.29) is 21.9 Å². The second-order valence-corrected chi connectivity index (χ2v) is 7.70. The fourth-order valence-electron chi connectivity index (χ4n) is 2.55. The number of nitro groups is 1. The predicted octanol–water partition coefficient (Wildman–Crippen LogP) is 3.39. The summed E-state index contributed by atoms with van der Waals surface area (Å²) in [4.78, 5) is 14.6. The zero-order valence-electron chi connectivity index (χ0n) is 15.3. The van der Waals surface area contributed by atoms with Crippen LogP contribution in [0, 0.1) is 17.0 Å². The number of phenols is 1. The van der Waals surface area contributed by atoms with Gasteiger partial charge in [-0.2, -0.15) is 4.31 Å². The van der Waals surface area contributed by atoms with Gasteiger partial charge in [0.25, 0.3) is 5.69 Å². The SMILES string of the molecule is CCN(CC)S(=O)(=O)c1cc(N=Cc2cc([N+](=O)[O-])ccc2O)ccc1C. The molecule has 2 rings (SSSR count). The molecule has 0 atom stereocenters. The third kappa shape index (κ3) is 4.50. The molecule has 0 radical (unpaired) electrons. The maximum atomic E-state index is 12.8. The van der Waals surface area contributed by atoms with Gasteiger partial charge in [0.1, 0.15) is 5.75 Å². The van der Waals surface area contributed by atoms with Crippen molar-refractivity contribution in [3.63, 3.8) is 0 Å². The molecule has 0 fully saturated rings. The van der Waals surface area contributed by atoms with Crippen LogP contribution in [0.3, 0.4) is 0 Å². The number of rotatable bonds is 7. The maximum absolute atomic E-state index is 12.8. The number of hydrogen-bond acceptors (Lipinski definition) is 6. The van der Waals surface area contributed by atoms with Crippen LogP contribution in [0.5, 0.6) is 5.75 Å². The lowest BCUT2D eigenvalue weighted by Gasteiger charge is -2.19. The molecule has 27 heavy (non-hydrogen) atoms. The Morgan fingerprint density at radius 1 is 1.19 bits per heavy atom. The second kappa shape index (κ2) is 8.28. The van der Waals surface area contributed by atoms with Gasteiger partial charge in [-0.1, -0.05) is 19.9 Å². The molecule has 0 heterocycles. The molecule has 9 heteroatoms. The number of sulfonamides is 1. The smallest absolute Gasteiger partial charge is 0.270 e. The van der Waals surface area contributed by atoms with Crippen molar-refractivity contribution in [3.8, 4) is 5.75 Å². The summed E-state index contributed by atoms with van der Waals surface area (Å²) in [6.45, 7) is 5.95. The monoisotopic (exact) mass is 391 g/mol. The van der Waals surface area contributed by atoms with Gasteiger partial charge in [-0.15, -0.1) is 0 Å². The number of aryl methyl sites for hydroxylation is 1. The van der Waals surface area contributed by atoms with E-state index < -0.39 is 14.9 Å². The van der Waals surface area contributed by atoms with Crippen molar-refractivity contribution in [3.05, 3.63) is 57.6 Å². The largest absolute Gasteiger partial charge is 0.507 e. The highest BCUT2D eigenvalue weighted by atomic mass is 32.2. The number of aromatic hydroxyl groups is 1. The van der Waals surface area contributed by atoms with Crippen LogP contribution in [0.25, 0.3) is 0 Å². The Hall–Kier alpha value is -2.78. The molecule has 144 valence electrons. The minimum absolute atomic E-state index is 0.157. The topological polar surface area (TPSA) is 113 Å². The summed E-state index contributed by atoms with van der Waals surface area (Å²) in [6, 6.07) is 8.34. The molecule has 1 N–H and O–H groups in total. The quantitative estimate of drug-likeness (QED) is 0.441. The molecule has 0 spiro atoms. The van der Waals surface area contributed by atoms with Crippen molar-refractivity contribution in [2.24, 2.45) is 4.99 Å². The van der Waals surface area contributed by atoms with Crippen LogP contribution < -0.4 is 0 Å². The molecule has 0 aliphatic rings. The molecule has 8 nitrogen and oxygen atoms in total. The molecular weight excluding hydrogens is 370 g/mol. The first-order valence-electron chi connectivity index (χ1n) is 8.33. The summed E-state index contributed by atoms with van der Waals surface area (Å²) < 4.78 is 26.9. The summed E-state index contributed by atoms with van der Waals surface area (Å²) in [5.41, 5.74) is 0.942. The number of phenolic OH excluding ortho intramolecular Hbond substituents is 1. The van der Waals surface area contributed by atoms with Crippen molar-refractivity contribution >= 4 is 27.6 Å². The molecule has 0 saturated carbocycles. The summed E-state index contributed by atoms with van der Waals surface area (Å²) in [5.74, 6) is -0.160. The minimum Gasteiger partial charge on any atom is -0.507 e. The second-order valence-electron chi connectivity index (χ2n) is 5.80. The number of nitrogens with zero attached hydrogens (tertiary/aromatic N) is 3. The molecule has 0 saturated heterocycles. The van der Waals surface area contributed by atoms with Gasteiger partial charge >= 0.3 is 0 Å². The van der Waals surface area contributed by atoms with Crippen molar-refractivity contribution in [2.45, 2.75) is 25.7 Å². The van der Waals surface area contributed by atoms with E-state index in [2.05, 4.69) is 4.99 Å². The van der Waals surface area contributed by atoms with Crippen molar-refractivity contribution in [1.29, 1.82) is 0 Å². The van der Waals surface area contributed by atoms with E-state index >= 15 is 0 Å². The van der Waals surface area contributed by atoms with E-state index in [1.165, 1.54) is 34.8 Å². The molecule has 0 aliphatic carbocycles. The standard InChI is InChI=1S/C18H21N3O5S/c1-4-20(5-2)27(25,26)18-11-15(7-6-13(18)3)19-12-14-10-16(21(23)24)8-9-17(14)22/h6-12,22H,4-5H2,1-3H3. The fourth-order valence-corrected chi connectivity index (χ4v) is 4.26. The molecular formula is C18H21N3O5S. The third-order valence-electron chi connectivity index (χ3n) is 4.07. The van der Waals surface area contributed by atoms with Gasteiger partial charge in [0, 0.05) is 37.0 Å². The van der Waals surface area contributed by atoms with Crippen LogP contribution in [0.15, 0.2) is 46.3 Å². The van der Waals surface area contributed by atoms with E-state index in [1.807, 2.05) is 0 Å². The summed E-state index contributed by atoms with van der Waals surface area (Å²) >= 11 is 0. The van der Waals surface area contributed by atoms with Crippen LogP contribution in [-0.4, -0.2) is 42.1 Å². The van der Waals surface area contributed by atoms with Gasteiger partial charge in [0.2, 0.25) is 10.0 Å². The number of nitro benzene ring substituents is 1. The summed E-state index contributed by atoms with van der Waals surface area (Å²) in [6.07, 6.45) is 1.26. The van der Waals surface area contributed by atoms with Crippen molar-refractivity contribution in [1.82, 2.24) is 4.31 Å². The normalized spacial score (nSPS) is 12.0. The lowest BCUT2D eigenvalue weighted by molar-refractivity contribution is -0.384. The lowest BCUT2D eigenvalue weighted by atomic mass is 10.2. The lowest BCUT2D eigenvalue weighted by Crippen LogP contribution is -2.31. The van der Waals surface area contributed by atoms with Gasteiger partial charge in [-0.25, -0.2) is 8.42 Å². The maximum Gasteiger partial charge on any atom is 0.270 e. The molecule has 0 aromatic heterocycles. The third-order valence-corrected chi connectivity index (χ3v) is 6.26. The highest BCUT2D eigenvalue weighted by molar-refractivity contribution is 7.89. The first-order valence-corrected chi connectivity index (χ1v) is 9.77. The minimum atomic E-state index is -3.64. The first-order chi connectivity index (χ1) is 12.7. The molecule has 0 amide bonds. The van der Waals surface area contributed by atoms with Crippen LogP contribution in [0.2, 0.25) is 0 Å². The van der Waals surface area contributed by atoms with Gasteiger partial charge in [-0.05, 0) is 30.7 Å². The zero-order chi connectivity index (χ0) is 20.2. The number of benzene rings is 2. The predicted molar refractivity (Wildman–Crippen MR) is 103 cm³/mol. The zero-order valence-corrected chi connectivity index (χ0v) is 16.1. The fraction of sp³-hybridized carbons (Fsp3) is 0.278. The highest BCUT2D eigenvalue weighted by Gasteiger charge is 2.23. The average Bonchev–Trinajstić information content (AvgIpc) is 2.62. The van der Waals surface area contributed by atoms with Crippen molar-refractivity contribution in [2.75, 3.05) is 13.1 Å². The van der Waals surface area contributed by atoms with Crippen LogP contribution in [-0.2, 0) is 10.0 Å².